The van der Waals surface area contributed by atoms with E-state index >= 15 is 0 Å². The maximum atomic E-state index is 12.7. The van der Waals surface area contributed by atoms with Gasteiger partial charge >= 0.3 is 0 Å². The smallest absolute Gasteiger partial charge is 0.260 e. The average molecular weight is 379 g/mol. The van der Waals surface area contributed by atoms with Crippen LogP contribution in [0.25, 0.3) is 0 Å². The quantitative estimate of drug-likeness (QED) is 0.837. The molecule has 146 valence electrons. The molecule has 2 amide bonds. The van der Waals surface area contributed by atoms with E-state index in [0.29, 0.717) is 19.5 Å². The first-order chi connectivity index (χ1) is 13.6. The molecule has 1 saturated carbocycles. The largest absolute Gasteiger partial charge is 0.351 e. The van der Waals surface area contributed by atoms with E-state index < -0.39 is 0 Å². The first-order valence-corrected chi connectivity index (χ1v) is 9.88. The van der Waals surface area contributed by atoms with Crippen LogP contribution in [0.2, 0.25) is 0 Å². The van der Waals surface area contributed by atoms with Gasteiger partial charge in [-0.3, -0.25) is 14.4 Å². The fraction of sp³-hybridized carbons (Fsp3) is 0.409. The molecule has 1 aromatic carbocycles. The molecule has 1 aromatic heterocycles. The van der Waals surface area contributed by atoms with Crippen molar-refractivity contribution in [3.8, 4) is 0 Å². The van der Waals surface area contributed by atoms with Crippen molar-refractivity contribution >= 4 is 11.8 Å². The predicted octanol–water partition coefficient (Wildman–Crippen LogP) is 2.47. The Labute approximate surface area is 164 Å². The molecule has 1 saturated heterocycles. The first kappa shape index (κ1) is 18.5. The molecule has 1 aliphatic heterocycles. The zero-order chi connectivity index (χ0) is 19.6. The van der Waals surface area contributed by atoms with Gasteiger partial charge in [-0.25, -0.2) is 0 Å². The number of hydrogen-bond donors (Lipinski definition) is 2. The molecule has 0 unspecified atom stereocenters. The van der Waals surface area contributed by atoms with Crippen molar-refractivity contribution in [2.24, 2.45) is 5.41 Å². The van der Waals surface area contributed by atoms with Gasteiger partial charge in [0.15, 0.2) is 0 Å². The summed E-state index contributed by atoms with van der Waals surface area (Å²) in [5.41, 5.74) is 0.754. The van der Waals surface area contributed by atoms with Crippen LogP contribution in [0, 0.1) is 5.41 Å². The SMILES string of the molecule is O=C(NC[C@@]12CCC[C@H]1N(Cc1ccccc1)C(=O)CC2)c1ccc[nH]c1=O. The number of hydrogen-bond acceptors (Lipinski definition) is 3. The van der Waals surface area contributed by atoms with Gasteiger partial charge in [0, 0.05) is 37.2 Å². The van der Waals surface area contributed by atoms with E-state index in [1.54, 1.807) is 6.07 Å². The van der Waals surface area contributed by atoms with E-state index in [2.05, 4.69) is 10.3 Å². The lowest BCUT2D eigenvalue weighted by atomic mass is 9.74. The minimum atomic E-state index is -0.384. The van der Waals surface area contributed by atoms with Gasteiger partial charge in [0.05, 0.1) is 0 Å². The Bertz CT molecular complexity index is 924. The molecule has 1 aliphatic carbocycles. The van der Waals surface area contributed by atoms with Crippen molar-refractivity contribution < 1.29 is 9.59 Å². The highest BCUT2D eigenvalue weighted by Crippen LogP contribution is 2.48. The van der Waals surface area contributed by atoms with Crippen molar-refractivity contribution in [3.05, 3.63) is 70.1 Å². The second-order valence-corrected chi connectivity index (χ2v) is 7.87. The fourth-order valence-corrected chi connectivity index (χ4v) is 4.80. The highest BCUT2D eigenvalue weighted by atomic mass is 16.2. The number of carbonyl (C=O) groups excluding carboxylic acids is 2. The molecule has 6 nitrogen and oxygen atoms in total. The van der Waals surface area contributed by atoms with Gasteiger partial charge in [0.2, 0.25) is 5.91 Å². The summed E-state index contributed by atoms with van der Waals surface area (Å²) in [4.78, 5) is 41.6. The van der Waals surface area contributed by atoms with Gasteiger partial charge in [-0.2, -0.15) is 0 Å². The van der Waals surface area contributed by atoms with E-state index in [0.717, 1.165) is 31.2 Å². The van der Waals surface area contributed by atoms with Crippen LogP contribution < -0.4 is 10.9 Å². The molecule has 2 fully saturated rings. The molecule has 6 heteroatoms. The molecule has 2 atom stereocenters. The van der Waals surface area contributed by atoms with E-state index in [4.69, 9.17) is 0 Å². The van der Waals surface area contributed by atoms with Gasteiger partial charge in [-0.15, -0.1) is 0 Å². The number of H-pyrrole nitrogens is 1. The maximum absolute atomic E-state index is 12.7. The molecule has 2 aromatic rings. The molecule has 2 heterocycles. The van der Waals surface area contributed by atoms with E-state index in [-0.39, 0.29) is 34.4 Å². The van der Waals surface area contributed by atoms with E-state index in [1.165, 1.54) is 12.3 Å². The number of amides is 2. The number of nitrogens with zero attached hydrogens (tertiary/aromatic N) is 1. The summed E-state index contributed by atoms with van der Waals surface area (Å²) >= 11 is 0. The van der Waals surface area contributed by atoms with Gasteiger partial charge in [0.1, 0.15) is 5.56 Å². The van der Waals surface area contributed by atoms with Crippen molar-refractivity contribution in [2.45, 2.75) is 44.7 Å². The van der Waals surface area contributed by atoms with E-state index in [9.17, 15) is 14.4 Å². The first-order valence-electron chi connectivity index (χ1n) is 9.88. The van der Waals surface area contributed by atoms with Crippen molar-refractivity contribution in [2.75, 3.05) is 6.54 Å². The summed E-state index contributed by atoms with van der Waals surface area (Å²) in [6.45, 7) is 1.10. The third kappa shape index (κ3) is 3.46. The second-order valence-electron chi connectivity index (χ2n) is 7.87. The summed E-state index contributed by atoms with van der Waals surface area (Å²) in [5.74, 6) is -0.161. The fourth-order valence-electron chi connectivity index (χ4n) is 4.80. The molecular weight excluding hydrogens is 354 g/mol. The molecule has 4 rings (SSSR count). The molecule has 2 N–H and O–H groups in total. The molecule has 28 heavy (non-hydrogen) atoms. The number of benzene rings is 1. The van der Waals surface area contributed by atoms with Crippen LogP contribution in [0.5, 0.6) is 0 Å². The number of aromatic amines is 1. The Balaban J connectivity index is 1.51. The predicted molar refractivity (Wildman–Crippen MR) is 106 cm³/mol. The van der Waals surface area contributed by atoms with Crippen molar-refractivity contribution in [1.82, 2.24) is 15.2 Å². The van der Waals surface area contributed by atoms with Gasteiger partial charge in [0.25, 0.3) is 11.5 Å². The van der Waals surface area contributed by atoms with Gasteiger partial charge < -0.3 is 15.2 Å². The molecule has 0 bridgehead atoms. The molecular formula is C22H25N3O3. The highest BCUT2D eigenvalue weighted by molar-refractivity contribution is 5.93. The lowest BCUT2D eigenvalue weighted by molar-refractivity contribution is -0.142. The number of pyridine rings is 1. The average Bonchev–Trinajstić information content (AvgIpc) is 3.14. The normalized spacial score (nSPS) is 24.1. The Kier molecular flexibility index (Phi) is 5.03. The Hall–Kier alpha value is -2.89. The summed E-state index contributed by atoms with van der Waals surface area (Å²) in [6.07, 6.45) is 5.80. The van der Waals surface area contributed by atoms with Crippen LogP contribution in [0.15, 0.2) is 53.5 Å². The van der Waals surface area contributed by atoms with Crippen LogP contribution in [0.4, 0.5) is 0 Å². The number of carbonyl (C=O) groups is 2. The van der Waals surface area contributed by atoms with Crippen LogP contribution in [0.3, 0.4) is 0 Å². The third-order valence-electron chi connectivity index (χ3n) is 6.25. The summed E-state index contributed by atoms with van der Waals surface area (Å²) in [7, 11) is 0. The summed E-state index contributed by atoms with van der Waals surface area (Å²) in [5, 5.41) is 2.97. The topological polar surface area (TPSA) is 82.3 Å². The Morgan fingerprint density at radius 3 is 2.75 bits per heavy atom. The summed E-state index contributed by atoms with van der Waals surface area (Å²) in [6, 6.07) is 13.3. The molecule has 0 spiro atoms. The Morgan fingerprint density at radius 1 is 1.14 bits per heavy atom. The number of aromatic nitrogens is 1. The van der Waals surface area contributed by atoms with Gasteiger partial charge in [-0.1, -0.05) is 36.8 Å². The Morgan fingerprint density at radius 2 is 1.96 bits per heavy atom. The van der Waals surface area contributed by atoms with E-state index in [1.807, 2.05) is 35.2 Å². The number of fused-ring (bicyclic) bond motifs is 1. The third-order valence-corrected chi connectivity index (χ3v) is 6.25. The minimum Gasteiger partial charge on any atom is -0.351 e. The zero-order valence-corrected chi connectivity index (χ0v) is 15.8. The van der Waals surface area contributed by atoms with Crippen LogP contribution in [-0.2, 0) is 11.3 Å². The standard InChI is InChI=1S/C22H25N3O3/c26-19-10-12-22(15-24-21(28)17-8-5-13-23-20(17)27)11-4-9-18(22)25(19)14-16-6-2-1-3-7-16/h1-3,5-8,13,18H,4,9-12,14-15H2,(H,23,27)(H,24,28)/t18-,22+/m1/s1. The van der Waals surface area contributed by atoms with Crippen LogP contribution in [0.1, 0.15) is 48.0 Å². The van der Waals surface area contributed by atoms with Crippen LogP contribution >= 0.6 is 0 Å². The number of likely N-dealkylation sites (tertiary alicyclic amines) is 1. The minimum absolute atomic E-state index is 0.111. The number of rotatable bonds is 5. The van der Waals surface area contributed by atoms with Crippen molar-refractivity contribution in [3.63, 3.8) is 0 Å². The number of piperidine rings is 1. The summed E-state index contributed by atoms with van der Waals surface area (Å²) < 4.78 is 0. The second kappa shape index (κ2) is 7.62. The lowest BCUT2D eigenvalue weighted by Gasteiger charge is -2.46. The highest BCUT2D eigenvalue weighted by Gasteiger charge is 2.50. The van der Waals surface area contributed by atoms with Crippen LogP contribution in [-0.4, -0.2) is 34.3 Å². The zero-order valence-electron chi connectivity index (χ0n) is 15.8. The van der Waals surface area contributed by atoms with Crippen molar-refractivity contribution in [1.29, 1.82) is 0 Å². The molecule has 0 radical (unpaired) electrons. The maximum Gasteiger partial charge on any atom is 0.260 e. The number of nitrogens with one attached hydrogen (secondary N) is 2. The van der Waals surface area contributed by atoms with Gasteiger partial charge in [-0.05, 0) is 37.0 Å². The monoisotopic (exact) mass is 379 g/mol. The lowest BCUT2D eigenvalue weighted by Crippen LogP contribution is -2.55. The molecule has 2 aliphatic rings.